The molecule has 1 atom stereocenters. The molecule has 1 heterocycles. The molecule has 0 bridgehead atoms. The predicted octanol–water partition coefficient (Wildman–Crippen LogP) is 2.21. The van der Waals surface area contributed by atoms with E-state index in [4.69, 9.17) is 0 Å². The zero-order valence-electron chi connectivity index (χ0n) is 12.0. The fraction of sp³-hybridized carbons (Fsp3) is 0.769. The summed E-state index contributed by atoms with van der Waals surface area (Å²) in [6.07, 6.45) is 2.11. The molecule has 0 spiro atoms. The average molecular weight is 238 g/mol. The van der Waals surface area contributed by atoms with Crippen LogP contribution in [0, 0.1) is 12.8 Å². The van der Waals surface area contributed by atoms with Crippen molar-refractivity contribution < 1.29 is 0 Å². The molecule has 0 aromatic carbocycles. The van der Waals surface area contributed by atoms with E-state index < -0.39 is 0 Å². The Hall–Kier alpha value is -1.03. The van der Waals surface area contributed by atoms with E-state index in [1.54, 1.807) is 0 Å². The Labute approximate surface area is 105 Å². The number of nitrogens with one attached hydrogen (secondary N) is 1. The predicted molar refractivity (Wildman–Crippen MR) is 73.4 cm³/mol. The van der Waals surface area contributed by atoms with Crippen LogP contribution in [0.25, 0.3) is 0 Å². The Morgan fingerprint density at radius 1 is 1.35 bits per heavy atom. The standard InChI is InChI=1S/C13H26N4/c1-10(2)8-17-9-11(3)15-13(17)14-7-12(4)16(5)6/h9-10,12H,7-8H2,1-6H3,(H,14,15). The lowest BCUT2D eigenvalue weighted by Gasteiger charge is -2.20. The van der Waals surface area contributed by atoms with Crippen molar-refractivity contribution in [3.8, 4) is 0 Å². The average Bonchev–Trinajstić information content (AvgIpc) is 2.54. The Morgan fingerprint density at radius 3 is 2.53 bits per heavy atom. The molecule has 1 rings (SSSR count). The van der Waals surface area contributed by atoms with Crippen molar-refractivity contribution in [1.82, 2.24) is 14.5 Å². The summed E-state index contributed by atoms with van der Waals surface area (Å²) in [4.78, 5) is 6.73. The summed E-state index contributed by atoms with van der Waals surface area (Å²) in [6, 6.07) is 0.500. The number of anilines is 1. The van der Waals surface area contributed by atoms with E-state index in [2.05, 4.69) is 60.8 Å². The maximum Gasteiger partial charge on any atom is 0.203 e. The maximum atomic E-state index is 4.53. The van der Waals surface area contributed by atoms with Gasteiger partial charge in [0.25, 0.3) is 0 Å². The van der Waals surface area contributed by atoms with Gasteiger partial charge in [0.1, 0.15) is 0 Å². The van der Waals surface area contributed by atoms with Crippen molar-refractivity contribution in [2.24, 2.45) is 5.92 Å². The van der Waals surface area contributed by atoms with Crippen LogP contribution in [0.4, 0.5) is 5.95 Å². The van der Waals surface area contributed by atoms with Gasteiger partial charge in [0.2, 0.25) is 5.95 Å². The quantitative estimate of drug-likeness (QED) is 0.825. The van der Waals surface area contributed by atoms with Crippen molar-refractivity contribution in [3.63, 3.8) is 0 Å². The van der Waals surface area contributed by atoms with Crippen LogP contribution in [0.1, 0.15) is 26.5 Å². The highest BCUT2D eigenvalue weighted by Crippen LogP contribution is 2.11. The van der Waals surface area contributed by atoms with Crippen molar-refractivity contribution >= 4 is 5.95 Å². The number of aryl methyl sites for hydroxylation is 1. The molecule has 17 heavy (non-hydrogen) atoms. The van der Waals surface area contributed by atoms with E-state index in [1.165, 1.54) is 0 Å². The molecule has 0 amide bonds. The van der Waals surface area contributed by atoms with Crippen molar-refractivity contribution in [3.05, 3.63) is 11.9 Å². The van der Waals surface area contributed by atoms with Crippen molar-refractivity contribution in [1.29, 1.82) is 0 Å². The largest absolute Gasteiger partial charge is 0.354 e. The summed E-state index contributed by atoms with van der Waals surface area (Å²) in [6.45, 7) is 10.6. The number of hydrogen-bond donors (Lipinski definition) is 1. The third-order valence-corrected chi connectivity index (χ3v) is 2.90. The monoisotopic (exact) mass is 238 g/mol. The van der Waals surface area contributed by atoms with Crippen LogP contribution < -0.4 is 5.32 Å². The van der Waals surface area contributed by atoms with Crippen LogP contribution in [0.3, 0.4) is 0 Å². The number of imidazole rings is 1. The minimum atomic E-state index is 0.500. The van der Waals surface area contributed by atoms with Gasteiger partial charge in [-0.2, -0.15) is 0 Å². The number of likely N-dealkylation sites (N-methyl/N-ethyl adjacent to an activating group) is 1. The second kappa shape index (κ2) is 6.05. The molecule has 1 aromatic heterocycles. The minimum Gasteiger partial charge on any atom is -0.354 e. The number of aromatic nitrogens is 2. The van der Waals surface area contributed by atoms with Crippen LogP contribution in [0.2, 0.25) is 0 Å². The zero-order chi connectivity index (χ0) is 13.0. The summed E-state index contributed by atoms with van der Waals surface area (Å²) in [5, 5.41) is 3.43. The van der Waals surface area contributed by atoms with Gasteiger partial charge in [-0.25, -0.2) is 4.98 Å². The smallest absolute Gasteiger partial charge is 0.203 e. The summed E-state index contributed by atoms with van der Waals surface area (Å²) in [5.41, 5.74) is 1.07. The van der Waals surface area contributed by atoms with Gasteiger partial charge in [-0.05, 0) is 33.9 Å². The third-order valence-electron chi connectivity index (χ3n) is 2.90. The fourth-order valence-corrected chi connectivity index (χ4v) is 1.64. The maximum absolute atomic E-state index is 4.53. The van der Waals surface area contributed by atoms with Crippen LogP contribution in [0.5, 0.6) is 0 Å². The molecule has 4 heteroatoms. The third kappa shape index (κ3) is 4.38. The van der Waals surface area contributed by atoms with Gasteiger partial charge >= 0.3 is 0 Å². The van der Waals surface area contributed by atoms with Gasteiger partial charge in [-0.3, -0.25) is 0 Å². The molecule has 1 unspecified atom stereocenters. The molecular formula is C13H26N4. The lowest BCUT2D eigenvalue weighted by atomic mass is 10.2. The van der Waals surface area contributed by atoms with Gasteiger partial charge in [-0.1, -0.05) is 13.8 Å². The molecule has 4 nitrogen and oxygen atoms in total. The first-order valence-electron chi connectivity index (χ1n) is 6.34. The van der Waals surface area contributed by atoms with E-state index in [-0.39, 0.29) is 0 Å². The van der Waals surface area contributed by atoms with E-state index >= 15 is 0 Å². The molecule has 0 fully saturated rings. The highest BCUT2D eigenvalue weighted by atomic mass is 15.2. The van der Waals surface area contributed by atoms with Crippen LogP contribution in [-0.2, 0) is 6.54 Å². The highest BCUT2D eigenvalue weighted by Gasteiger charge is 2.09. The van der Waals surface area contributed by atoms with Gasteiger partial charge in [0.05, 0.1) is 5.69 Å². The summed E-state index contributed by atoms with van der Waals surface area (Å²) in [7, 11) is 4.19. The zero-order valence-corrected chi connectivity index (χ0v) is 12.0. The van der Waals surface area contributed by atoms with Crippen LogP contribution in [-0.4, -0.2) is 41.1 Å². The molecule has 0 saturated heterocycles. The normalized spacial score (nSPS) is 13.4. The summed E-state index contributed by atoms with van der Waals surface area (Å²) in [5.74, 6) is 1.63. The second-order valence-corrected chi connectivity index (χ2v) is 5.45. The molecule has 1 aromatic rings. The topological polar surface area (TPSA) is 33.1 Å². The van der Waals surface area contributed by atoms with Gasteiger partial charge in [-0.15, -0.1) is 0 Å². The Kier molecular flexibility index (Phi) is 5.00. The lowest BCUT2D eigenvalue weighted by molar-refractivity contribution is 0.325. The number of nitrogens with zero attached hydrogens (tertiary/aromatic N) is 3. The number of rotatable bonds is 6. The molecule has 98 valence electrons. The van der Waals surface area contributed by atoms with E-state index in [9.17, 15) is 0 Å². The van der Waals surface area contributed by atoms with E-state index in [0.717, 1.165) is 24.7 Å². The van der Waals surface area contributed by atoms with Crippen molar-refractivity contribution in [2.75, 3.05) is 26.0 Å². The highest BCUT2D eigenvalue weighted by molar-refractivity contribution is 5.29. The first-order valence-corrected chi connectivity index (χ1v) is 6.34. The van der Waals surface area contributed by atoms with Gasteiger partial charge in [0, 0.05) is 25.3 Å². The first kappa shape index (κ1) is 14.0. The molecular weight excluding hydrogens is 212 g/mol. The van der Waals surface area contributed by atoms with E-state index in [1.807, 2.05) is 6.92 Å². The first-order chi connectivity index (χ1) is 7.90. The SMILES string of the molecule is Cc1cn(CC(C)C)c(NCC(C)N(C)C)n1. The molecule has 0 aliphatic rings. The Bertz CT molecular complexity index is 341. The molecule has 0 radical (unpaired) electrons. The molecule has 0 aliphatic heterocycles. The van der Waals surface area contributed by atoms with E-state index in [0.29, 0.717) is 12.0 Å². The Morgan fingerprint density at radius 2 is 2.00 bits per heavy atom. The number of hydrogen-bond acceptors (Lipinski definition) is 3. The summed E-state index contributed by atoms with van der Waals surface area (Å²) >= 11 is 0. The van der Waals surface area contributed by atoms with Gasteiger partial charge < -0.3 is 14.8 Å². The minimum absolute atomic E-state index is 0.500. The molecule has 1 N–H and O–H groups in total. The fourth-order valence-electron chi connectivity index (χ4n) is 1.64. The molecule has 0 saturated carbocycles. The van der Waals surface area contributed by atoms with Crippen molar-refractivity contribution in [2.45, 2.75) is 40.3 Å². The Balaban J connectivity index is 2.63. The summed E-state index contributed by atoms with van der Waals surface area (Å²) < 4.78 is 2.21. The van der Waals surface area contributed by atoms with Gasteiger partial charge in [0.15, 0.2) is 0 Å². The van der Waals surface area contributed by atoms with Crippen LogP contribution >= 0.6 is 0 Å². The van der Waals surface area contributed by atoms with Crippen LogP contribution in [0.15, 0.2) is 6.20 Å². The second-order valence-electron chi connectivity index (χ2n) is 5.45. The molecule has 0 aliphatic carbocycles. The lowest BCUT2D eigenvalue weighted by Crippen LogP contribution is -2.32.